The van der Waals surface area contributed by atoms with Crippen molar-refractivity contribution in [2.45, 2.75) is 11.2 Å². The topological polar surface area (TPSA) is 28.7 Å². The molecule has 0 atom stereocenters. The molecule has 1 aromatic heterocycles. The first kappa shape index (κ1) is 8.45. The number of nitrogens with zero attached hydrogens (tertiary/aromatic N) is 1. The maximum absolute atomic E-state index is 11.6. The zero-order valence-electron chi connectivity index (χ0n) is 5.35. The van der Waals surface area contributed by atoms with Crippen LogP contribution in [0.25, 0.3) is 0 Å². The molecule has 2 nitrogen and oxygen atoms in total. The van der Waals surface area contributed by atoms with E-state index in [9.17, 15) is 13.2 Å². The average molecular weight is 182 g/mol. The van der Waals surface area contributed by atoms with E-state index in [0.29, 0.717) is 16.8 Å². The minimum atomic E-state index is -4.12. The number of hydrogen-bond donors (Lipinski definition) is 1. The first-order valence-corrected chi connectivity index (χ1v) is 3.75. The Hall–Kier alpha value is -0.650. The summed E-state index contributed by atoms with van der Waals surface area (Å²) in [7, 11) is 0. The molecule has 0 aromatic carbocycles. The first-order valence-electron chi connectivity index (χ1n) is 2.77. The first-order chi connectivity index (χ1) is 5.08. The van der Waals surface area contributed by atoms with E-state index in [1.807, 2.05) is 0 Å². The van der Waals surface area contributed by atoms with Crippen molar-refractivity contribution >= 4 is 11.8 Å². The van der Waals surface area contributed by atoms with Crippen molar-refractivity contribution in [1.29, 1.82) is 0 Å². The summed E-state index contributed by atoms with van der Waals surface area (Å²) in [6.45, 7) is 0. The number of halogens is 3. The van der Waals surface area contributed by atoms with Crippen LogP contribution in [0.4, 0.5) is 13.2 Å². The second-order valence-corrected chi connectivity index (χ2v) is 2.84. The van der Waals surface area contributed by atoms with Gasteiger partial charge in [0, 0.05) is 6.20 Å². The van der Waals surface area contributed by atoms with Crippen LogP contribution in [-0.4, -0.2) is 22.1 Å². The number of H-pyrrole nitrogens is 1. The van der Waals surface area contributed by atoms with Gasteiger partial charge in [-0.05, 0) is 6.07 Å². The molecule has 0 radical (unpaired) electrons. The standard InChI is InChI=1S/C5H5F3N2S/c6-5(7,8)3-11-4-1-2-9-10-4/h1-2H,3H2,(H,9,10). The van der Waals surface area contributed by atoms with Gasteiger partial charge in [-0.25, -0.2) is 0 Å². The van der Waals surface area contributed by atoms with Gasteiger partial charge in [-0.1, -0.05) is 11.8 Å². The van der Waals surface area contributed by atoms with Gasteiger partial charge in [0.2, 0.25) is 0 Å². The Kier molecular flexibility index (Phi) is 2.43. The quantitative estimate of drug-likeness (QED) is 0.709. The van der Waals surface area contributed by atoms with E-state index < -0.39 is 11.9 Å². The molecular formula is C5H5F3N2S. The molecule has 0 aliphatic heterocycles. The van der Waals surface area contributed by atoms with Crippen LogP contribution in [0.2, 0.25) is 0 Å². The number of thioether (sulfide) groups is 1. The van der Waals surface area contributed by atoms with Crippen LogP contribution < -0.4 is 0 Å². The molecule has 1 rings (SSSR count). The third-order valence-corrected chi connectivity index (χ3v) is 1.88. The molecule has 1 N–H and O–H groups in total. The van der Waals surface area contributed by atoms with Gasteiger partial charge < -0.3 is 0 Å². The molecule has 0 saturated heterocycles. The summed E-state index contributed by atoms with van der Waals surface area (Å²) in [5, 5.41) is 6.37. The highest BCUT2D eigenvalue weighted by molar-refractivity contribution is 7.99. The van der Waals surface area contributed by atoms with E-state index in [1.165, 1.54) is 12.3 Å². The summed E-state index contributed by atoms with van der Waals surface area (Å²) >= 11 is 0.691. The van der Waals surface area contributed by atoms with Crippen LogP contribution in [0.5, 0.6) is 0 Å². The lowest BCUT2D eigenvalue weighted by atomic mass is 10.8. The summed E-state index contributed by atoms with van der Waals surface area (Å²) in [5.41, 5.74) is 0. The number of aromatic amines is 1. The van der Waals surface area contributed by atoms with Gasteiger partial charge in [-0.3, -0.25) is 5.10 Å². The molecule has 6 heteroatoms. The zero-order valence-corrected chi connectivity index (χ0v) is 6.17. The highest BCUT2D eigenvalue weighted by Gasteiger charge is 2.27. The van der Waals surface area contributed by atoms with Crippen LogP contribution in [-0.2, 0) is 0 Å². The number of alkyl halides is 3. The molecule has 0 spiro atoms. The Morgan fingerprint density at radius 1 is 1.55 bits per heavy atom. The second kappa shape index (κ2) is 3.17. The predicted molar refractivity (Wildman–Crippen MR) is 35.4 cm³/mol. The van der Waals surface area contributed by atoms with Crippen LogP contribution >= 0.6 is 11.8 Å². The van der Waals surface area contributed by atoms with Crippen molar-refractivity contribution in [3.8, 4) is 0 Å². The van der Waals surface area contributed by atoms with Gasteiger partial charge in [0.25, 0.3) is 0 Å². The normalized spacial score (nSPS) is 11.9. The molecule has 0 amide bonds. The molecule has 0 aliphatic carbocycles. The minimum absolute atomic E-state index is 0.433. The van der Waals surface area contributed by atoms with Gasteiger partial charge >= 0.3 is 6.18 Å². The Morgan fingerprint density at radius 3 is 2.73 bits per heavy atom. The maximum Gasteiger partial charge on any atom is 0.398 e. The fraction of sp³-hybridized carbons (Fsp3) is 0.400. The number of rotatable bonds is 2. The number of hydrogen-bond acceptors (Lipinski definition) is 2. The molecule has 0 saturated carbocycles. The summed E-state index contributed by atoms with van der Waals surface area (Å²) in [4.78, 5) is 0. The van der Waals surface area contributed by atoms with E-state index in [4.69, 9.17) is 0 Å². The fourth-order valence-corrected chi connectivity index (χ4v) is 1.08. The zero-order chi connectivity index (χ0) is 8.32. The van der Waals surface area contributed by atoms with Crippen molar-refractivity contribution in [3.05, 3.63) is 12.3 Å². The van der Waals surface area contributed by atoms with Crippen molar-refractivity contribution < 1.29 is 13.2 Å². The van der Waals surface area contributed by atoms with Crippen LogP contribution in [0.1, 0.15) is 0 Å². The molecule has 0 bridgehead atoms. The third-order valence-electron chi connectivity index (χ3n) is 0.867. The Balaban J connectivity index is 2.35. The van der Waals surface area contributed by atoms with Gasteiger partial charge in [0.1, 0.15) is 0 Å². The van der Waals surface area contributed by atoms with E-state index >= 15 is 0 Å². The van der Waals surface area contributed by atoms with E-state index in [1.54, 1.807) is 0 Å². The molecule has 1 heterocycles. The number of nitrogens with one attached hydrogen (secondary N) is 1. The van der Waals surface area contributed by atoms with Crippen molar-refractivity contribution in [2.75, 3.05) is 5.75 Å². The van der Waals surface area contributed by atoms with Gasteiger partial charge in [-0.15, -0.1) is 0 Å². The van der Waals surface area contributed by atoms with Crippen molar-refractivity contribution in [3.63, 3.8) is 0 Å². The van der Waals surface area contributed by atoms with Crippen LogP contribution in [0, 0.1) is 0 Å². The molecule has 1 aromatic rings. The Labute approximate surface area is 65.2 Å². The smallest absolute Gasteiger partial charge is 0.272 e. The van der Waals surface area contributed by atoms with E-state index in [0.717, 1.165) is 0 Å². The molecule has 0 unspecified atom stereocenters. The predicted octanol–water partition coefficient (Wildman–Crippen LogP) is 2.06. The van der Waals surface area contributed by atoms with Gasteiger partial charge in [-0.2, -0.15) is 18.3 Å². The van der Waals surface area contributed by atoms with Gasteiger partial charge in [0.05, 0.1) is 10.8 Å². The SMILES string of the molecule is FC(F)(F)CSc1ccn[nH]1. The monoisotopic (exact) mass is 182 g/mol. The molecule has 0 fully saturated rings. The molecule has 62 valence electrons. The van der Waals surface area contributed by atoms with E-state index in [-0.39, 0.29) is 0 Å². The fourth-order valence-electron chi connectivity index (χ4n) is 0.483. The molecule has 11 heavy (non-hydrogen) atoms. The summed E-state index contributed by atoms with van der Waals surface area (Å²) in [6, 6.07) is 1.50. The van der Waals surface area contributed by atoms with Crippen molar-refractivity contribution in [2.24, 2.45) is 0 Å². The highest BCUT2D eigenvalue weighted by Crippen LogP contribution is 2.25. The Bertz CT molecular complexity index is 206. The van der Waals surface area contributed by atoms with Crippen LogP contribution in [0.3, 0.4) is 0 Å². The number of aromatic nitrogens is 2. The van der Waals surface area contributed by atoms with Crippen molar-refractivity contribution in [1.82, 2.24) is 10.2 Å². The Morgan fingerprint density at radius 2 is 2.27 bits per heavy atom. The second-order valence-electron chi connectivity index (χ2n) is 1.82. The summed E-state index contributed by atoms with van der Waals surface area (Å²) in [6.07, 6.45) is -2.70. The lowest BCUT2D eigenvalue weighted by Crippen LogP contribution is -2.10. The lowest BCUT2D eigenvalue weighted by molar-refractivity contribution is -0.105. The van der Waals surface area contributed by atoms with Gasteiger partial charge in [0.15, 0.2) is 0 Å². The lowest BCUT2D eigenvalue weighted by Gasteiger charge is -2.02. The highest BCUT2D eigenvalue weighted by atomic mass is 32.2. The van der Waals surface area contributed by atoms with Crippen LogP contribution in [0.15, 0.2) is 17.3 Å². The summed E-state index contributed by atoms with van der Waals surface area (Å²) in [5.74, 6) is -0.880. The average Bonchev–Trinajstić information content (AvgIpc) is 2.32. The van der Waals surface area contributed by atoms with E-state index in [2.05, 4.69) is 10.2 Å². The molecule has 0 aliphatic rings. The third kappa shape index (κ3) is 3.31. The summed E-state index contributed by atoms with van der Waals surface area (Å²) < 4.78 is 34.8. The largest absolute Gasteiger partial charge is 0.398 e. The maximum atomic E-state index is 11.6. The minimum Gasteiger partial charge on any atom is -0.272 e. The molecular weight excluding hydrogens is 177 g/mol.